The first-order valence-electron chi connectivity index (χ1n) is 10.2. The molecule has 0 atom stereocenters. The second-order valence-corrected chi connectivity index (χ2v) is 10.1. The first-order chi connectivity index (χ1) is 13.9. The molecule has 0 aliphatic heterocycles. The summed E-state index contributed by atoms with van der Waals surface area (Å²) in [6, 6.07) is 11.3. The minimum Gasteiger partial charge on any atom is -0.341 e. The molecule has 3 nitrogen and oxygen atoms in total. The summed E-state index contributed by atoms with van der Waals surface area (Å²) >= 11 is 1.40. The first-order valence-corrected chi connectivity index (χ1v) is 11.0. The third kappa shape index (κ3) is 6.03. The molecule has 2 aromatic carbocycles. The highest BCUT2D eigenvalue weighted by Crippen LogP contribution is 2.34. The van der Waals surface area contributed by atoms with Gasteiger partial charge in [0.1, 0.15) is 11.6 Å². The number of nitriles is 1. The number of hydrogen-bond donors (Lipinski definition) is 2. The molecule has 0 fully saturated rings. The van der Waals surface area contributed by atoms with Crippen LogP contribution >= 0.6 is 11.9 Å². The summed E-state index contributed by atoms with van der Waals surface area (Å²) in [6.07, 6.45) is 0. The van der Waals surface area contributed by atoms with Gasteiger partial charge < -0.3 is 10.0 Å². The lowest BCUT2D eigenvalue weighted by Crippen LogP contribution is -2.15. The fourth-order valence-electron chi connectivity index (χ4n) is 3.16. The molecular weight excluding hydrogens is 393 g/mol. The van der Waals surface area contributed by atoms with E-state index in [1.165, 1.54) is 11.9 Å². The minimum atomic E-state index is -0.219. The molecule has 0 saturated heterocycles. The van der Waals surface area contributed by atoms with E-state index >= 15 is 0 Å². The van der Waals surface area contributed by atoms with E-state index in [2.05, 4.69) is 77.2 Å². The van der Waals surface area contributed by atoms with Crippen molar-refractivity contribution in [3.05, 3.63) is 70.8 Å². The zero-order valence-electron chi connectivity index (χ0n) is 19.0. The molecule has 30 heavy (non-hydrogen) atoms. The summed E-state index contributed by atoms with van der Waals surface area (Å²) < 4.78 is 17.4. The summed E-state index contributed by atoms with van der Waals surface area (Å²) in [7, 11) is 0. The highest BCUT2D eigenvalue weighted by molar-refractivity contribution is 7.97. The van der Waals surface area contributed by atoms with Crippen LogP contribution in [0.3, 0.4) is 0 Å². The van der Waals surface area contributed by atoms with E-state index in [0.717, 1.165) is 27.3 Å². The second-order valence-electron chi connectivity index (χ2n) is 9.18. The van der Waals surface area contributed by atoms with Crippen LogP contribution in [0.2, 0.25) is 0 Å². The van der Waals surface area contributed by atoms with Crippen molar-refractivity contribution in [1.29, 1.82) is 5.26 Å². The minimum absolute atomic E-state index is 0.0517. The molecule has 0 unspecified atom stereocenters. The lowest BCUT2D eigenvalue weighted by molar-refractivity contribution is 0.588. The van der Waals surface area contributed by atoms with Crippen molar-refractivity contribution < 1.29 is 4.39 Å². The van der Waals surface area contributed by atoms with Crippen LogP contribution in [0, 0.1) is 17.1 Å². The van der Waals surface area contributed by atoms with E-state index in [1.54, 1.807) is 12.1 Å². The Bertz CT molecular complexity index is 936. The van der Waals surface area contributed by atoms with Crippen LogP contribution in [0.4, 0.5) is 10.1 Å². The Morgan fingerprint density at radius 3 is 2.07 bits per heavy atom. The highest BCUT2D eigenvalue weighted by atomic mass is 32.2. The first kappa shape index (κ1) is 23.8. The van der Waals surface area contributed by atoms with Gasteiger partial charge in [-0.05, 0) is 76.2 Å². The van der Waals surface area contributed by atoms with Gasteiger partial charge in [0, 0.05) is 10.6 Å². The zero-order chi connectivity index (χ0) is 22.6. The lowest BCUT2D eigenvalue weighted by Gasteiger charge is -2.23. The maximum absolute atomic E-state index is 14.1. The SMILES string of the molecule is C=C(NSc1cc(C#N)cc(C(C)(C)C)c1)Nc1c(C(C)C)cc(F)cc1C(C)C. The maximum atomic E-state index is 14.1. The smallest absolute Gasteiger partial charge is 0.123 e. The van der Waals surface area contributed by atoms with E-state index < -0.39 is 0 Å². The molecule has 2 rings (SSSR count). The van der Waals surface area contributed by atoms with Gasteiger partial charge in [-0.1, -0.05) is 55.0 Å². The summed E-state index contributed by atoms with van der Waals surface area (Å²) in [4.78, 5) is 0.939. The molecule has 0 heterocycles. The molecule has 0 spiro atoms. The molecular formula is C25H32FN3S. The lowest BCUT2D eigenvalue weighted by atomic mass is 9.86. The largest absolute Gasteiger partial charge is 0.341 e. The van der Waals surface area contributed by atoms with Gasteiger partial charge in [0.25, 0.3) is 0 Å². The van der Waals surface area contributed by atoms with Gasteiger partial charge in [-0.3, -0.25) is 0 Å². The Balaban J connectivity index is 2.25. The van der Waals surface area contributed by atoms with Crippen molar-refractivity contribution in [3.63, 3.8) is 0 Å². The standard InChI is InChI=1S/C25H32FN3S/c1-15(2)22-12-20(26)13-23(16(3)4)24(22)28-17(5)29-30-21-10-18(14-27)9-19(11-21)25(6,7)8/h9-13,15-16,28-29H,5H2,1-4,6-8H3. The van der Waals surface area contributed by atoms with Gasteiger partial charge in [0.15, 0.2) is 0 Å². The van der Waals surface area contributed by atoms with E-state index in [-0.39, 0.29) is 23.1 Å². The van der Waals surface area contributed by atoms with Crippen molar-refractivity contribution >= 4 is 17.6 Å². The Morgan fingerprint density at radius 1 is 1.03 bits per heavy atom. The Labute approximate surface area is 184 Å². The Hall–Kier alpha value is -2.45. The van der Waals surface area contributed by atoms with Crippen LogP contribution in [0.1, 0.15) is 82.6 Å². The van der Waals surface area contributed by atoms with Crippen molar-refractivity contribution in [2.45, 2.75) is 70.6 Å². The molecule has 160 valence electrons. The molecule has 0 aromatic heterocycles. The van der Waals surface area contributed by atoms with Crippen LogP contribution in [-0.2, 0) is 5.41 Å². The van der Waals surface area contributed by atoms with Crippen LogP contribution in [0.25, 0.3) is 0 Å². The summed E-state index contributed by atoms with van der Waals surface area (Å²) in [6.45, 7) is 18.7. The van der Waals surface area contributed by atoms with Crippen LogP contribution in [0.5, 0.6) is 0 Å². The predicted octanol–water partition coefficient (Wildman–Crippen LogP) is 7.42. The fraction of sp³-hybridized carbons (Fsp3) is 0.400. The second kappa shape index (κ2) is 9.57. The van der Waals surface area contributed by atoms with Gasteiger partial charge in [-0.2, -0.15) is 5.26 Å². The van der Waals surface area contributed by atoms with Crippen LogP contribution < -0.4 is 10.0 Å². The molecule has 2 aromatic rings. The van der Waals surface area contributed by atoms with Crippen molar-refractivity contribution in [2.75, 3.05) is 5.32 Å². The Morgan fingerprint density at radius 2 is 1.60 bits per heavy atom. The molecule has 2 N–H and O–H groups in total. The Kier molecular flexibility index (Phi) is 7.60. The molecule has 0 aliphatic rings. The summed E-state index contributed by atoms with van der Waals surface area (Å²) in [5, 5.41) is 12.7. The quantitative estimate of drug-likeness (QED) is 0.453. The van der Waals surface area contributed by atoms with Gasteiger partial charge in [-0.15, -0.1) is 0 Å². The number of rotatable bonds is 7. The van der Waals surface area contributed by atoms with E-state index in [4.69, 9.17) is 0 Å². The zero-order valence-corrected chi connectivity index (χ0v) is 19.8. The number of nitrogens with one attached hydrogen (secondary N) is 2. The molecule has 0 bridgehead atoms. The average Bonchev–Trinajstić information content (AvgIpc) is 2.66. The van der Waals surface area contributed by atoms with E-state index in [0.29, 0.717) is 11.4 Å². The van der Waals surface area contributed by atoms with Crippen molar-refractivity contribution in [2.24, 2.45) is 0 Å². The molecule has 0 radical (unpaired) electrons. The third-order valence-electron chi connectivity index (χ3n) is 4.88. The van der Waals surface area contributed by atoms with E-state index in [1.807, 2.05) is 12.1 Å². The van der Waals surface area contributed by atoms with Crippen molar-refractivity contribution in [3.8, 4) is 6.07 Å². The van der Waals surface area contributed by atoms with Gasteiger partial charge in [0.05, 0.1) is 11.6 Å². The molecule has 5 heteroatoms. The molecule has 0 saturated carbocycles. The monoisotopic (exact) mass is 425 g/mol. The maximum Gasteiger partial charge on any atom is 0.123 e. The predicted molar refractivity (Wildman–Crippen MR) is 126 cm³/mol. The number of nitrogens with zero attached hydrogens (tertiary/aromatic N) is 1. The van der Waals surface area contributed by atoms with Crippen LogP contribution in [0.15, 0.2) is 47.6 Å². The summed E-state index contributed by atoms with van der Waals surface area (Å²) in [5.41, 5.74) is 4.44. The third-order valence-corrected chi connectivity index (χ3v) is 5.70. The number of anilines is 1. The normalized spacial score (nSPS) is 11.5. The van der Waals surface area contributed by atoms with Crippen molar-refractivity contribution in [1.82, 2.24) is 4.72 Å². The average molecular weight is 426 g/mol. The fourth-order valence-corrected chi connectivity index (χ4v) is 3.82. The van der Waals surface area contributed by atoms with E-state index in [9.17, 15) is 9.65 Å². The molecule has 0 aliphatic carbocycles. The van der Waals surface area contributed by atoms with Gasteiger partial charge in [-0.25, -0.2) is 4.39 Å². The summed E-state index contributed by atoms with van der Waals surface area (Å²) in [5.74, 6) is 0.726. The number of halogens is 1. The number of benzene rings is 2. The van der Waals surface area contributed by atoms with Gasteiger partial charge >= 0.3 is 0 Å². The molecule has 0 amide bonds. The van der Waals surface area contributed by atoms with Gasteiger partial charge in [0.2, 0.25) is 0 Å². The van der Waals surface area contributed by atoms with Crippen LogP contribution in [-0.4, -0.2) is 0 Å². The topological polar surface area (TPSA) is 47.9 Å². The highest BCUT2D eigenvalue weighted by Gasteiger charge is 2.18. The number of hydrogen-bond acceptors (Lipinski definition) is 4.